The van der Waals surface area contributed by atoms with Crippen LogP contribution in [0.4, 0.5) is 11.5 Å². The number of amides is 1. The number of fused-ring (bicyclic) bond motifs is 1. The summed E-state index contributed by atoms with van der Waals surface area (Å²) in [6.07, 6.45) is 6.68. The number of aromatic nitrogens is 3. The average Bonchev–Trinajstić information content (AvgIpc) is 3.40. The van der Waals surface area contributed by atoms with Gasteiger partial charge in [-0.2, -0.15) is 0 Å². The molecule has 1 unspecified atom stereocenters. The van der Waals surface area contributed by atoms with E-state index in [4.69, 9.17) is 11.5 Å². The molecule has 4 heterocycles. The van der Waals surface area contributed by atoms with Crippen LogP contribution in [0.2, 0.25) is 0 Å². The number of likely N-dealkylation sites (tertiary alicyclic amines) is 1. The van der Waals surface area contributed by atoms with E-state index in [0.29, 0.717) is 16.8 Å². The van der Waals surface area contributed by atoms with E-state index in [1.165, 1.54) is 55.0 Å². The molecule has 2 aliphatic heterocycles. The zero-order valence-electron chi connectivity index (χ0n) is 20.0. The van der Waals surface area contributed by atoms with Crippen molar-refractivity contribution in [1.29, 1.82) is 0 Å². The number of aryl methyl sites for hydroxylation is 1. The van der Waals surface area contributed by atoms with Crippen molar-refractivity contribution in [3.63, 3.8) is 0 Å². The summed E-state index contributed by atoms with van der Waals surface area (Å²) in [5, 5.41) is 0.262. The van der Waals surface area contributed by atoms with Crippen LogP contribution in [-0.2, 0) is 6.54 Å². The van der Waals surface area contributed by atoms with Crippen LogP contribution in [0.1, 0.15) is 43.0 Å². The second-order valence-corrected chi connectivity index (χ2v) is 11.9. The van der Waals surface area contributed by atoms with Gasteiger partial charge in [-0.3, -0.25) is 0 Å². The molecule has 5 rings (SSSR count). The van der Waals surface area contributed by atoms with E-state index in [2.05, 4.69) is 44.0 Å². The molecule has 2 saturated heterocycles. The molecule has 0 radical (unpaired) electrons. The Morgan fingerprint density at radius 3 is 2.43 bits per heavy atom. The number of nitrogens with zero attached hydrogens (tertiary/aromatic N) is 5. The number of anilines is 2. The molecular weight excluding hydrogens is 505 g/mol. The van der Waals surface area contributed by atoms with E-state index in [1.807, 2.05) is 6.92 Å². The summed E-state index contributed by atoms with van der Waals surface area (Å²) in [5.74, 6) is -0.783. The molecular formula is C25H32AsN7O2. The van der Waals surface area contributed by atoms with Gasteiger partial charge in [0.1, 0.15) is 0 Å². The third-order valence-corrected chi connectivity index (χ3v) is 9.50. The Morgan fingerprint density at radius 2 is 1.80 bits per heavy atom. The summed E-state index contributed by atoms with van der Waals surface area (Å²) in [6.45, 7) is 7.10. The maximum absolute atomic E-state index is 12.7. The Kier molecular flexibility index (Phi) is 6.80. The molecule has 0 bridgehead atoms. The second-order valence-electron chi connectivity index (χ2n) is 9.26. The van der Waals surface area contributed by atoms with Crippen molar-refractivity contribution in [2.24, 2.45) is 5.73 Å². The van der Waals surface area contributed by atoms with Crippen LogP contribution in [-0.4, -0.2) is 73.3 Å². The van der Waals surface area contributed by atoms with Crippen molar-refractivity contribution >= 4 is 53.2 Å². The van der Waals surface area contributed by atoms with Gasteiger partial charge in [0.05, 0.1) is 0 Å². The third-order valence-electron chi connectivity index (χ3n) is 7.22. The van der Waals surface area contributed by atoms with Crippen LogP contribution < -0.4 is 30.8 Å². The number of nitrogen functional groups attached to an aromatic ring is 1. The Balaban J connectivity index is 1.32. The topological polar surface area (TPSA) is 123 Å². The van der Waals surface area contributed by atoms with E-state index in [-0.39, 0.29) is 16.8 Å². The van der Waals surface area contributed by atoms with Crippen LogP contribution in [0, 0.1) is 0 Å². The van der Waals surface area contributed by atoms with Crippen LogP contribution in [0.3, 0.4) is 0 Å². The van der Waals surface area contributed by atoms with Gasteiger partial charge in [0.25, 0.3) is 0 Å². The first kappa shape index (κ1) is 23.8. The normalized spacial score (nSPS) is 17.7. The number of rotatable bonds is 6. The van der Waals surface area contributed by atoms with Crippen LogP contribution in [0.25, 0.3) is 11.0 Å². The quantitative estimate of drug-likeness (QED) is 0.423. The number of hydrogen-bond donors (Lipinski definition) is 2. The molecule has 35 heavy (non-hydrogen) atoms. The molecule has 0 aliphatic carbocycles. The zero-order valence-corrected chi connectivity index (χ0v) is 22.1. The van der Waals surface area contributed by atoms with E-state index < -0.39 is 27.1 Å². The van der Waals surface area contributed by atoms with Crippen molar-refractivity contribution < 1.29 is 4.79 Å². The van der Waals surface area contributed by atoms with E-state index in [1.54, 1.807) is 4.57 Å². The number of nitrogens with two attached hydrogens (primary N) is 2. The molecule has 1 atom stereocenters. The molecule has 2 aliphatic rings. The number of primary amides is 1. The van der Waals surface area contributed by atoms with E-state index in [0.717, 1.165) is 19.1 Å². The summed E-state index contributed by atoms with van der Waals surface area (Å²) in [6, 6.07) is 9.50. The van der Waals surface area contributed by atoms with Gasteiger partial charge in [0, 0.05) is 0 Å². The zero-order chi connectivity index (χ0) is 24.5. The summed E-state index contributed by atoms with van der Waals surface area (Å²) < 4.78 is 3.58. The number of piperidine rings is 1. The molecule has 3 aromatic rings. The SMILES string of the molecule is CCn1c(N)c(C(N)=O)c(=O)c2cnc([AsH]c3ccc(N4CCC(N5CCCC5)CC4)cc3)nc21. The first-order valence-corrected chi connectivity index (χ1v) is 14.4. The van der Waals surface area contributed by atoms with Gasteiger partial charge >= 0.3 is 211 Å². The van der Waals surface area contributed by atoms with Gasteiger partial charge in [-0.25, -0.2) is 0 Å². The molecule has 0 saturated carbocycles. The summed E-state index contributed by atoms with van der Waals surface area (Å²) >= 11 is -0.806. The van der Waals surface area contributed by atoms with E-state index >= 15 is 0 Å². The minimum atomic E-state index is -0.838. The molecule has 0 spiro atoms. The van der Waals surface area contributed by atoms with Crippen LogP contribution >= 0.6 is 0 Å². The van der Waals surface area contributed by atoms with Gasteiger partial charge in [-0.05, 0) is 0 Å². The van der Waals surface area contributed by atoms with E-state index in [9.17, 15) is 9.59 Å². The molecule has 9 nitrogen and oxygen atoms in total. The number of carbonyl (C=O) groups is 1. The van der Waals surface area contributed by atoms with Crippen molar-refractivity contribution in [3.05, 3.63) is 46.2 Å². The van der Waals surface area contributed by atoms with Crippen molar-refractivity contribution in [2.75, 3.05) is 36.8 Å². The van der Waals surface area contributed by atoms with Gasteiger partial charge in [0.2, 0.25) is 0 Å². The Hall–Kier alpha value is -2.90. The van der Waals surface area contributed by atoms with Crippen molar-refractivity contribution in [1.82, 2.24) is 19.4 Å². The van der Waals surface area contributed by atoms with Crippen molar-refractivity contribution in [3.8, 4) is 0 Å². The Labute approximate surface area is 211 Å². The standard InChI is InChI=1S/C25H32AsN7O2/c1-2-33-22(27)20(23(28)35)21(34)19-15-29-25(30-24(19)33)26-16-5-7-17(8-6-16)32-13-9-18(10-14-32)31-11-3-4-12-31/h5-8,15,18,26H,2-4,9-14,27H2,1H3,(H2,28,35). The fourth-order valence-corrected chi connectivity index (χ4v) is 7.19. The van der Waals surface area contributed by atoms with Crippen LogP contribution in [0.15, 0.2) is 35.3 Å². The predicted octanol–water partition coefficient (Wildman–Crippen LogP) is -0.0556. The maximum atomic E-state index is 12.7. The van der Waals surface area contributed by atoms with Gasteiger partial charge in [0.15, 0.2) is 0 Å². The minimum absolute atomic E-state index is 0.0556. The number of carbonyl (C=O) groups excluding carboxylic acids is 1. The molecule has 4 N–H and O–H groups in total. The summed E-state index contributed by atoms with van der Waals surface area (Å²) in [7, 11) is 0. The average molecular weight is 538 g/mol. The summed E-state index contributed by atoms with van der Waals surface area (Å²) in [4.78, 5) is 38.8. The molecule has 1 amide bonds. The fourth-order valence-electron chi connectivity index (χ4n) is 5.34. The van der Waals surface area contributed by atoms with Crippen molar-refractivity contribution in [2.45, 2.75) is 45.2 Å². The van der Waals surface area contributed by atoms with Gasteiger partial charge < -0.3 is 0 Å². The Bertz CT molecular complexity index is 1290. The first-order valence-electron chi connectivity index (χ1n) is 12.3. The summed E-state index contributed by atoms with van der Waals surface area (Å²) in [5.41, 5.74) is 12.5. The molecule has 2 aromatic heterocycles. The molecule has 10 heteroatoms. The van der Waals surface area contributed by atoms with Crippen LogP contribution in [0.5, 0.6) is 0 Å². The number of hydrogen-bond acceptors (Lipinski definition) is 7. The number of benzene rings is 1. The van der Waals surface area contributed by atoms with Gasteiger partial charge in [-0.1, -0.05) is 0 Å². The number of pyridine rings is 1. The monoisotopic (exact) mass is 537 g/mol. The fraction of sp³-hybridized carbons (Fsp3) is 0.440. The van der Waals surface area contributed by atoms with Gasteiger partial charge in [-0.15, -0.1) is 0 Å². The first-order chi connectivity index (χ1) is 17.0. The predicted molar refractivity (Wildman–Crippen MR) is 141 cm³/mol. The molecule has 184 valence electrons. The Morgan fingerprint density at radius 1 is 1.11 bits per heavy atom. The third kappa shape index (κ3) is 4.67. The molecule has 2 fully saturated rings. The second kappa shape index (κ2) is 9.99. The molecule has 1 aromatic carbocycles.